The van der Waals surface area contributed by atoms with Gasteiger partial charge in [-0.05, 0) is 49.7 Å². The lowest BCUT2D eigenvalue weighted by Gasteiger charge is -2.07. The van der Waals surface area contributed by atoms with Crippen LogP contribution in [0.15, 0.2) is 53.3 Å². The molecule has 0 spiro atoms. The number of anilines is 1. The number of nitrogens with zero attached hydrogens (tertiary/aromatic N) is 3. The molecule has 0 fully saturated rings. The molecule has 1 N–H and O–H groups in total. The van der Waals surface area contributed by atoms with Crippen molar-refractivity contribution in [2.24, 2.45) is 0 Å². The molecular formula is C19H15ClN4O2. The maximum atomic E-state index is 12.3. The summed E-state index contributed by atoms with van der Waals surface area (Å²) in [5.74, 6) is 1.20. The second kappa shape index (κ2) is 6.31. The van der Waals surface area contributed by atoms with Crippen molar-refractivity contribution >= 4 is 29.0 Å². The monoisotopic (exact) mass is 366 g/mol. The maximum Gasteiger partial charge on any atom is 0.291 e. The number of amides is 1. The number of nitrogens with one attached hydrogen (secondary N) is 1. The molecule has 0 aliphatic carbocycles. The van der Waals surface area contributed by atoms with Gasteiger partial charge in [-0.1, -0.05) is 11.6 Å². The van der Waals surface area contributed by atoms with Gasteiger partial charge in [0.15, 0.2) is 5.76 Å². The largest absolute Gasteiger partial charge is 0.456 e. The summed E-state index contributed by atoms with van der Waals surface area (Å²) in [6, 6.07) is 8.62. The number of carbonyl (C=O) groups excluding carboxylic acids is 1. The molecule has 0 aliphatic heterocycles. The summed E-state index contributed by atoms with van der Waals surface area (Å²) in [6.45, 7) is 3.75. The summed E-state index contributed by atoms with van der Waals surface area (Å²) in [4.78, 5) is 21.1. The molecule has 4 rings (SSSR count). The Bertz CT molecular complexity index is 1130. The van der Waals surface area contributed by atoms with Gasteiger partial charge in [0, 0.05) is 29.8 Å². The van der Waals surface area contributed by atoms with E-state index < -0.39 is 0 Å². The molecule has 4 aromatic rings. The third kappa shape index (κ3) is 3.07. The summed E-state index contributed by atoms with van der Waals surface area (Å²) in [7, 11) is 0. The number of hydrogen-bond acceptors (Lipinski definition) is 4. The molecule has 7 heteroatoms. The Kier molecular flexibility index (Phi) is 3.97. The molecule has 1 amide bonds. The van der Waals surface area contributed by atoms with Gasteiger partial charge in [0.2, 0.25) is 5.78 Å². The first-order valence-corrected chi connectivity index (χ1v) is 8.36. The van der Waals surface area contributed by atoms with E-state index in [9.17, 15) is 4.79 Å². The fraction of sp³-hybridized carbons (Fsp3) is 0.105. The number of hydrogen-bond donors (Lipinski definition) is 1. The highest BCUT2D eigenvalue weighted by Gasteiger charge is 2.14. The zero-order valence-corrected chi connectivity index (χ0v) is 14.9. The number of aromatic nitrogens is 3. The summed E-state index contributed by atoms with van der Waals surface area (Å²) in [5, 5.41) is 3.35. The van der Waals surface area contributed by atoms with Gasteiger partial charge in [-0.25, -0.2) is 9.97 Å². The minimum Gasteiger partial charge on any atom is -0.456 e. The highest BCUT2D eigenvalue weighted by molar-refractivity contribution is 6.33. The molecule has 0 atom stereocenters. The topological polar surface area (TPSA) is 72.4 Å². The Morgan fingerprint density at radius 1 is 1.19 bits per heavy atom. The maximum absolute atomic E-state index is 12.3. The van der Waals surface area contributed by atoms with Crippen LogP contribution in [0.25, 0.3) is 17.0 Å². The number of halogens is 1. The molecule has 6 nitrogen and oxygen atoms in total. The van der Waals surface area contributed by atoms with Crippen molar-refractivity contribution in [2.45, 2.75) is 13.8 Å². The molecule has 0 bridgehead atoms. The Morgan fingerprint density at radius 3 is 2.81 bits per heavy atom. The minimum absolute atomic E-state index is 0.256. The molecular weight excluding hydrogens is 352 g/mol. The minimum atomic E-state index is -0.321. The Labute approximate surface area is 154 Å². The van der Waals surface area contributed by atoms with E-state index in [0.717, 1.165) is 5.56 Å². The van der Waals surface area contributed by atoms with Crippen LogP contribution in [0, 0.1) is 13.8 Å². The van der Waals surface area contributed by atoms with E-state index in [0.29, 0.717) is 33.5 Å². The SMILES string of the molecule is Cc1cnc2nc(-c3cc(NC(=O)c4ccc(C)o4)ccc3Cl)cn2c1. The number of aryl methyl sites for hydroxylation is 2. The second-order valence-electron chi connectivity index (χ2n) is 6.02. The zero-order valence-electron chi connectivity index (χ0n) is 14.2. The van der Waals surface area contributed by atoms with Crippen molar-refractivity contribution < 1.29 is 9.21 Å². The summed E-state index contributed by atoms with van der Waals surface area (Å²) >= 11 is 6.35. The Hall–Kier alpha value is -3.12. The van der Waals surface area contributed by atoms with E-state index in [-0.39, 0.29) is 11.7 Å². The van der Waals surface area contributed by atoms with Crippen LogP contribution in [0.4, 0.5) is 5.69 Å². The van der Waals surface area contributed by atoms with E-state index in [1.165, 1.54) is 0 Å². The molecule has 0 saturated heterocycles. The molecule has 0 unspecified atom stereocenters. The lowest BCUT2D eigenvalue weighted by atomic mass is 10.1. The predicted molar refractivity (Wildman–Crippen MR) is 99.6 cm³/mol. The number of furan rings is 1. The number of carbonyl (C=O) groups is 1. The van der Waals surface area contributed by atoms with Crippen molar-refractivity contribution in [1.82, 2.24) is 14.4 Å². The molecule has 0 saturated carbocycles. The fourth-order valence-electron chi connectivity index (χ4n) is 2.66. The summed E-state index contributed by atoms with van der Waals surface area (Å²) in [5.41, 5.74) is 3.02. The number of benzene rings is 1. The zero-order chi connectivity index (χ0) is 18.3. The molecule has 0 aliphatic rings. The van der Waals surface area contributed by atoms with Gasteiger partial charge in [-0.3, -0.25) is 9.20 Å². The molecule has 130 valence electrons. The summed E-state index contributed by atoms with van der Waals surface area (Å²) < 4.78 is 7.19. The van der Waals surface area contributed by atoms with E-state index >= 15 is 0 Å². The van der Waals surface area contributed by atoms with E-state index in [1.54, 1.807) is 43.5 Å². The number of imidazole rings is 1. The van der Waals surface area contributed by atoms with Crippen molar-refractivity contribution in [2.75, 3.05) is 5.32 Å². The van der Waals surface area contributed by atoms with Gasteiger partial charge >= 0.3 is 0 Å². The van der Waals surface area contributed by atoms with Gasteiger partial charge in [0.1, 0.15) is 5.76 Å². The second-order valence-corrected chi connectivity index (χ2v) is 6.43. The molecule has 1 aromatic carbocycles. The Morgan fingerprint density at radius 2 is 2.04 bits per heavy atom. The van der Waals surface area contributed by atoms with Crippen LogP contribution in [0.3, 0.4) is 0 Å². The first kappa shape index (κ1) is 16.4. The molecule has 26 heavy (non-hydrogen) atoms. The van der Waals surface area contributed by atoms with Gasteiger partial charge in [0.05, 0.1) is 10.7 Å². The van der Waals surface area contributed by atoms with Gasteiger partial charge in [-0.2, -0.15) is 0 Å². The number of rotatable bonds is 3. The highest BCUT2D eigenvalue weighted by atomic mass is 35.5. The van der Waals surface area contributed by atoms with Crippen LogP contribution < -0.4 is 5.32 Å². The fourth-order valence-corrected chi connectivity index (χ4v) is 2.88. The van der Waals surface area contributed by atoms with E-state index in [4.69, 9.17) is 16.0 Å². The van der Waals surface area contributed by atoms with E-state index in [2.05, 4.69) is 15.3 Å². The first-order chi connectivity index (χ1) is 12.5. The van der Waals surface area contributed by atoms with Crippen LogP contribution in [0.2, 0.25) is 5.02 Å². The van der Waals surface area contributed by atoms with E-state index in [1.807, 2.05) is 23.7 Å². The van der Waals surface area contributed by atoms with Crippen LogP contribution in [0.1, 0.15) is 21.9 Å². The van der Waals surface area contributed by atoms with Crippen LogP contribution in [-0.2, 0) is 0 Å². The lowest BCUT2D eigenvalue weighted by Crippen LogP contribution is -2.10. The first-order valence-electron chi connectivity index (χ1n) is 7.99. The standard InChI is InChI=1S/C19H15ClN4O2/c1-11-8-21-19-23-16(10-24(19)9-11)14-7-13(4-5-15(14)20)22-18(25)17-6-3-12(2)26-17/h3-10H,1-2H3,(H,22,25). The normalized spacial score (nSPS) is 11.0. The third-order valence-electron chi connectivity index (χ3n) is 3.90. The van der Waals surface area contributed by atoms with Gasteiger partial charge in [-0.15, -0.1) is 0 Å². The number of fused-ring (bicyclic) bond motifs is 1. The highest BCUT2D eigenvalue weighted by Crippen LogP contribution is 2.30. The van der Waals surface area contributed by atoms with Crippen LogP contribution in [-0.4, -0.2) is 20.3 Å². The third-order valence-corrected chi connectivity index (χ3v) is 4.23. The van der Waals surface area contributed by atoms with Gasteiger partial charge < -0.3 is 9.73 Å². The smallest absolute Gasteiger partial charge is 0.291 e. The Balaban J connectivity index is 1.68. The lowest BCUT2D eigenvalue weighted by molar-refractivity contribution is 0.0995. The average molecular weight is 367 g/mol. The van der Waals surface area contributed by atoms with Crippen molar-refractivity contribution in [3.05, 3.63) is 71.0 Å². The quantitative estimate of drug-likeness (QED) is 0.579. The molecule has 0 radical (unpaired) electrons. The average Bonchev–Trinajstić information content (AvgIpc) is 3.22. The van der Waals surface area contributed by atoms with Crippen LogP contribution >= 0.6 is 11.6 Å². The predicted octanol–water partition coefficient (Wildman–Crippen LogP) is 4.51. The van der Waals surface area contributed by atoms with Crippen LogP contribution in [0.5, 0.6) is 0 Å². The summed E-state index contributed by atoms with van der Waals surface area (Å²) in [6.07, 6.45) is 5.56. The molecule has 3 aromatic heterocycles. The van der Waals surface area contributed by atoms with Gasteiger partial charge in [0.25, 0.3) is 5.91 Å². The van der Waals surface area contributed by atoms with Crippen molar-refractivity contribution in [1.29, 1.82) is 0 Å². The molecule has 3 heterocycles. The van der Waals surface area contributed by atoms with Crippen molar-refractivity contribution in [3.63, 3.8) is 0 Å². The van der Waals surface area contributed by atoms with Crippen molar-refractivity contribution in [3.8, 4) is 11.3 Å².